The summed E-state index contributed by atoms with van der Waals surface area (Å²) in [5.41, 5.74) is 1.33. The van der Waals surface area contributed by atoms with Crippen molar-refractivity contribution < 1.29 is 14.3 Å². The van der Waals surface area contributed by atoms with E-state index < -0.39 is 5.92 Å². The molecule has 7 heteroatoms. The van der Waals surface area contributed by atoms with E-state index in [1.807, 2.05) is 32.0 Å². The molecule has 7 nitrogen and oxygen atoms in total. The molecule has 0 bridgehead atoms. The molecular formula is C18H22N4O3. The maximum Gasteiger partial charge on any atom is 0.229 e. The molecule has 1 atom stereocenters. The number of carbonyl (C=O) groups excluding carboxylic acids is 2. The van der Waals surface area contributed by atoms with E-state index in [2.05, 4.69) is 10.4 Å². The third kappa shape index (κ3) is 3.50. The monoisotopic (exact) mass is 342 g/mol. The average Bonchev–Trinajstić information content (AvgIpc) is 3.21. The number of ether oxygens (including phenoxy) is 1. The van der Waals surface area contributed by atoms with Crippen molar-refractivity contribution in [1.29, 1.82) is 0 Å². The molecule has 1 N–H and O–H groups in total. The number of para-hydroxylation sites is 2. The molecular weight excluding hydrogens is 320 g/mol. The summed E-state index contributed by atoms with van der Waals surface area (Å²) in [6.07, 6.45) is 3.59. The smallest absolute Gasteiger partial charge is 0.229 e. The van der Waals surface area contributed by atoms with Gasteiger partial charge in [0, 0.05) is 25.2 Å². The SMILES string of the molecule is COc1ccccc1N1CC(C(=O)Nc2cnn(C(C)C)c2)CC1=O. The van der Waals surface area contributed by atoms with Crippen LogP contribution in [-0.2, 0) is 9.59 Å². The van der Waals surface area contributed by atoms with Gasteiger partial charge in [-0.2, -0.15) is 5.10 Å². The molecule has 1 saturated heterocycles. The summed E-state index contributed by atoms with van der Waals surface area (Å²) < 4.78 is 7.09. The van der Waals surface area contributed by atoms with Crippen LogP contribution in [-0.4, -0.2) is 35.2 Å². The largest absolute Gasteiger partial charge is 0.495 e. The standard InChI is InChI=1S/C18H22N4O3/c1-12(2)22-11-14(9-19-22)20-18(24)13-8-17(23)21(10-13)15-6-4-5-7-16(15)25-3/h4-7,9,11-13H,8,10H2,1-3H3,(H,20,24). The molecule has 1 unspecified atom stereocenters. The van der Waals surface area contributed by atoms with Gasteiger partial charge >= 0.3 is 0 Å². The number of benzene rings is 1. The lowest BCUT2D eigenvalue weighted by molar-refractivity contribution is -0.122. The minimum Gasteiger partial charge on any atom is -0.495 e. The Labute approximate surface area is 146 Å². The summed E-state index contributed by atoms with van der Waals surface area (Å²) >= 11 is 0. The second-order valence-electron chi connectivity index (χ2n) is 6.37. The third-order valence-corrected chi connectivity index (χ3v) is 4.27. The van der Waals surface area contributed by atoms with Gasteiger partial charge in [-0.3, -0.25) is 14.3 Å². The fourth-order valence-corrected chi connectivity index (χ4v) is 2.90. The van der Waals surface area contributed by atoms with Gasteiger partial charge in [0.15, 0.2) is 0 Å². The van der Waals surface area contributed by atoms with Crippen molar-refractivity contribution in [2.75, 3.05) is 23.9 Å². The molecule has 3 rings (SSSR count). The van der Waals surface area contributed by atoms with Gasteiger partial charge in [0.05, 0.1) is 30.6 Å². The minimum atomic E-state index is -0.403. The Morgan fingerprint density at radius 1 is 1.36 bits per heavy atom. The molecule has 0 saturated carbocycles. The molecule has 0 aliphatic carbocycles. The number of anilines is 2. The van der Waals surface area contributed by atoms with Crippen LogP contribution in [0.25, 0.3) is 0 Å². The first kappa shape index (κ1) is 17.0. The van der Waals surface area contributed by atoms with Crippen LogP contribution in [0.15, 0.2) is 36.7 Å². The number of rotatable bonds is 5. The fourth-order valence-electron chi connectivity index (χ4n) is 2.90. The molecule has 1 aliphatic heterocycles. The number of nitrogens with one attached hydrogen (secondary N) is 1. The lowest BCUT2D eigenvalue weighted by Crippen LogP contribution is -2.28. The molecule has 1 aromatic carbocycles. The van der Waals surface area contributed by atoms with Crippen LogP contribution in [0.4, 0.5) is 11.4 Å². The van der Waals surface area contributed by atoms with Crippen molar-refractivity contribution >= 4 is 23.2 Å². The van der Waals surface area contributed by atoms with Crippen molar-refractivity contribution in [2.45, 2.75) is 26.3 Å². The third-order valence-electron chi connectivity index (χ3n) is 4.27. The Bertz CT molecular complexity index is 784. The second kappa shape index (κ2) is 6.96. The first-order valence-electron chi connectivity index (χ1n) is 8.28. The molecule has 2 aromatic rings. The second-order valence-corrected chi connectivity index (χ2v) is 6.37. The van der Waals surface area contributed by atoms with Crippen LogP contribution in [0.2, 0.25) is 0 Å². The van der Waals surface area contributed by atoms with Crippen LogP contribution in [0.5, 0.6) is 5.75 Å². The van der Waals surface area contributed by atoms with Gasteiger partial charge < -0.3 is 15.0 Å². The summed E-state index contributed by atoms with van der Waals surface area (Å²) in [6.45, 7) is 4.36. The summed E-state index contributed by atoms with van der Waals surface area (Å²) in [5, 5.41) is 7.05. The highest BCUT2D eigenvalue weighted by atomic mass is 16.5. The maximum absolute atomic E-state index is 12.5. The molecule has 0 spiro atoms. The van der Waals surface area contributed by atoms with E-state index in [1.54, 1.807) is 35.2 Å². The summed E-state index contributed by atoms with van der Waals surface area (Å²) in [5.74, 6) is -0.0356. The summed E-state index contributed by atoms with van der Waals surface area (Å²) in [7, 11) is 1.57. The lowest BCUT2D eigenvalue weighted by atomic mass is 10.1. The van der Waals surface area contributed by atoms with Gasteiger partial charge in [0.2, 0.25) is 11.8 Å². The number of methoxy groups -OCH3 is 1. The van der Waals surface area contributed by atoms with Crippen LogP contribution in [0.1, 0.15) is 26.3 Å². The number of aromatic nitrogens is 2. The number of carbonyl (C=O) groups is 2. The highest BCUT2D eigenvalue weighted by Crippen LogP contribution is 2.33. The Balaban J connectivity index is 1.70. The van der Waals surface area contributed by atoms with Crippen molar-refractivity contribution in [3.8, 4) is 5.75 Å². The molecule has 0 radical (unpaired) electrons. The van der Waals surface area contributed by atoms with E-state index >= 15 is 0 Å². The van der Waals surface area contributed by atoms with Crippen LogP contribution in [0, 0.1) is 5.92 Å². The van der Waals surface area contributed by atoms with E-state index in [0.717, 1.165) is 0 Å². The number of amides is 2. The Morgan fingerprint density at radius 3 is 2.80 bits per heavy atom. The predicted molar refractivity (Wildman–Crippen MR) is 94.7 cm³/mol. The van der Waals surface area contributed by atoms with E-state index in [4.69, 9.17) is 4.74 Å². The van der Waals surface area contributed by atoms with E-state index in [0.29, 0.717) is 23.7 Å². The lowest BCUT2D eigenvalue weighted by Gasteiger charge is -2.19. The van der Waals surface area contributed by atoms with Crippen molar-refractivity contribution in [3.63, 3.8) is 0 Å². The quantitative estimate of drug-likeness (QED) is 0.905. The normalized spacial score (nSPS) is 17.2. The van der Waals surface area contributed by atoms with Crippen LogP contribution in [0.3, 0.4) is 0 Å². The maximum atomic E-state index is 12.5. The van der Waals surface area contributed by atoms with Gasteiger partial charge in [-0.15, -0.1) is 0 Å². The summed E-state index contributed by atoms with van der Waals surface area (Å²) in [6, 6.07) is 7.54. The van der Waals surface area contributed by atoms with Gasteiger partial charge in [-0.25, -0.2) is 0 Å². The van der Waals surface area contributed by atoms with Crippen molar-refractivity contribution in [1.82, 2.24) is 9.78 Å². The molecule has 132 valence electrons. The number of hydrogen-bond acceptors (Lipinski definition) is 4. The van der Waals surface area contributed by atoms with E-state index in [9.17, 15) is 9.59 Å². The molecule has 2 amide bonds. The van der Waals surface area contributed by atoms with Crippen LogP contribution >= 0.6 is 0 Å². The molecule has 1 fully saturated rings. The Hall–Kier alpha value is -2.83. The zero-order valence-corrected chi connectivity index (χ0v) is 14.6. The van der Waals surface area contributed by atoms with E-state index in [-0.39, 0.29) is 24.3 Å². The zero-order valence-electron chi connectivity index (χ0n) is 14.6. The highest BCUT2D eigenvalue weighted by Gasteiger charge is 2.36. The molecule has 2 heterocycles. The van der Waals surface area contributed by atoms with Crippen LogP contribution < -0.4 is 15.0 Å². The highest BCUT2D eigenvalue weighted by molar-refractivity contribution is 6.04. The average molecular weight is 342 g/mol. The van der Waals surface area contributed by atoms with Crippen molar-refractivity contribution in [3.05, 3.63) is 36.7 Å². The van der Waals surface area contributed by atoms with Gasteiger partial charge in [-0.1, -0.05) is 12.1 Å². The zero-order chi connectivity index (χ0) is 18.0. The number of hydrogen-bond donors (Lipinski definition) is 1. The topological polar surface area (TPSA) is 76.5 Å². The first-order valence-corrected chi connectivity index (χ1v) is 8.28. The predicted octanol–water partition coefficient (Wildman–Crippen LogP) is 2.46. The van der Waals surface area contributed by atoms with Gasteiger partial charge in [-0.05, 0) is 26.0 Å². The molecule has 1 aliphatic rings. The minimum absolute atomic E-state index is 0.0810. The first-order chi connectivity index (χ1) is 12.0. The van der Waals surface area contributed by atoms with E-state index in [1.165, 1.54) is 0 Å². The molecule has 25 heavy (non-hydrogen) atoms. The van der Waals surface area contributed by atoms with Crippen molar-refractivity contribution in [2.24, 2.45) is 5.92 Å². The fraction of sp³-hybridized carbons (Fsp3) is 0.389. The Morgan fingerprint density at radius 2 is 2.12 bits per heavy atom. The Kier molecular flexibility index (Phi) is 4.74. The van der Waals surface area contributed by atoms with Gasteiger partial charge in [0.1, 0.15) is 5.75 Å². The summed E-state index contributed by atoms with van der Waals surface area (Å²) in [4.78, 5) is 26.5. The van der Waals surface area contributed by atoms with Gasteiger partial charge in [0.25, 0.3) is 0 Å². The molecule has 1 aromatic heterocycles. The number of nitrogens with zero attached hydrogens (tertiary/aromatic N) is 3.